The molecule has 1 saturated heterocycles. The van der Waals surface area contributed by atoms with Crippen LogP contribution >= 0.6 is 0 Å². The summed E-state index contributed by atoms with van der Waals surface area (Å²) in [7, 11) is 4.01. The van der Waals surface area contributed by atoms with E-state index < -0.39 is 6.10 Å². The van der Waals surface area contributed by atoms with Crippen LogP contribution in [-0.2, 0) is 4.74 Å². The topological polar surface area (TPSA) is 36.0 Å². The fraction of sp³-hybridized carbons (Fsp3) is 0.500. The third-order valence-corrected chi connectivity index (χ3v) is 2.68. The van der Waals surface area contributed by atoms with E-state index in [0.29, 0.717) is 6.42 Å². The van der Waals surface area contributed by atoms with Crippen LogP contribution < -0.4 is 4.90 Å². The van der Waals surface area contributed by atoms with E-state index in [9.17, 15) is 5.11 Å². The van der Waals surface area contributed by atoms with Gasteiger partial charge in [0.05, 0.1) is 18.8 Å². The summed E-state index contributed by atoms with van der Waals surface area (Å²) in [5, 5.41) is 9.87. The minimum absolute atomic E-state index is 0.272. The molecule has 1 aromatic carbocycles. The van der Waals surface area contributed by atoms with E-state index in [1.807, 2.05) is 43.3 Å². The van der Waals surface area contributed by atoms with E-state index >= 15 is 0 Å². The molecule has 3 heteroatoms. The van der Waals surface area contributed by atoms with Gasteiger partial charge in [-0.2, -0.15) is 0 Å². The lowest BCUT2D eigenvalue weighted by Crippen LogP contribution is -2.09. The summed E-state index contributed by atoms with van der Waals surface area (Å²) < 4.78 is 5.09. The molecule has 1 aliphatic heterocycles. The van der Waals surface area contributed by atoms with Crippen molar-refractivity contribution >= 4 is 5.69 Å². The molecule has 0 spiro atoms. The summed E-state index contributed by atoms with van der Waals surface area (Å²) in [6.07, 6.45) is 0.587. The van der Waals surface area contributed by atoms with Crippen molar-refractivity contribution in [2.24, 2.45) is 0 Å². The number of nitrogens with zero attached hydrogens (tertiary/aromatic N) is 1. The standard InChI is InChI=1S/C12H17NO2/c1-13(2)10-5-3-9(4-6-10)12(14)7-11-8-15-11/h3-6,11-12,14H,7-8H2,1-2H3. The minimum atomic E-state index is -0.395. The van der Waals surface area contributed by atoms with E-state index in [-0.39, 0.29) is 6.10 Å². The second-order valence-electron chi connectivity index (χ2n) is 4.19. The van der Waals surface area contributed by atoms with Crippen molar-refractivity contribution in [3.05, 3.63) is 29.8 Å². The fourth-order valence-corrected chi connectivity index (χ4v) is 1.58. The molecule has 0 aliphatic carbocycles. The quantitative estimate of drug-likeness (QED) is 0.761. The van der Waals surface area contributed by atoms with E-state index in [0.717, 1.165) is 17.9 Å². The first kappa shape index (κ1) is 10.5. The Balaban J connectivity index is 2.01. The first-order valence-electron chi connectivity index (χ1n) is 5.24. The minimum Gasteiger partial charge on any atom is -0.388 e. The normalized spacial score (nSPS) is 21.1. The predicted octanol–water partition coefficient (Wildman–Crippen LogP) is 1.57. The van der Waals surface area contributed by atoms with Gasteiger partial charge in [0.1, 0.15) is 0 Å². The zero-order valence-corrected chi connectivity index (χ0v) is 9.18. The van der Waals surface area contributed by atoms with Gasteiger partial charge in [-0.05, 0) is 17.7 Å². The lowest BCUT2D eigenvalue weighted by atomic mass is 10.0. The zero-order valence-electron chi connectivity index (χ0n) is 9.18. The van der Waals surface area contributed by atoms with E-state index in [1.165, 1.54) is 0 Å². The molecule has 3 nitrogen and oxygen atoms in total. The lowest BCUT2D eigenvalue weighted by molar-refractivity contribution is 0.154. The van der Waals surface area contributed by atoms with E-state index in [4.69, 9.17) is 4.74 Å². The molecule has 1 N–H and O–H groups in total. The summed E-state index contributed by atoms with van der Waals surface area (Å²) >= 11 is 0. The summed E-state index contributed by atoms with van der Waals surface area (Å²) in [5.41, 5.74) is 2.12. The van der Waals surface area contributed by atoms with Gasteiger partial charge in [0.25, 0.3) is 0 Å². The molecule has 0 saturated carbocycles. The Bertz CT molecular complexity index is 317. The van der Waals surface area contributed by atoms with Crippen molar-refractivity contribution in [3.8, 4) is 0 Å². The maximum Gasteiger partial charge on any atom is 0.0837 e. The van der Waals surface area contributed by atoms with Gasteiger partial charge in [0, 0.05) is 26.2 Å². The molecule has 2 atom stereocenters. The van der Waals surface area contributed by atoms with Crippen LogP contribution in [0.3, 0.4) is 0 Å². The summed E-state index contributed by atoms with van der Waals surface area (Å²) in [5.74, 6) is 0. The highest BCUT2D eigenvalue weighted by Gasteiger charge is 2.26. The molecule has 0 aromatic heterocycles. The third kappa shape index (κ3) is 2.70. The number of benzene rings is 1. The van der Waals surface area contributed by atoms with Gasteiger partial charge in [0.2, 0.25) is 0 Å². The highest BCUT2D eigenvalue weighted by Crippen LogP contribution is 2.26. The van der Waals surface area contributed by atoms with E-state index in [1.54, 1.807) is 0 Å². The number of ether oxygens (including phenoxy) is 1. The molecule has 0 amide bonds. The molecular weight excluding hydrogens is 190 g/mol. The van der Waals surface area contributed by atoms with Crippen LogP contribution in [0, 0.1) is 0 Å². The van der Waals surface area contributed by atoms with Crippen LogP contribution in [0.5, 0.6) is 0 Å². The predicted molar refractivity (Wildman–Crippen MR) is 60.1 cm³/mol. The second-order valence-corrected chi connectivity index (χ2v) is 4.19. The van der Waals surface area contributed by atoms with E-state index in [2.05, 4.69) is 0 Å². The van der Waals surface area contributed by atoms with Gasteiger partial charge < -0.3 is 14.7 Å². The monoisotopic (exact) mass is 207 g/mol. The number of aliphatic hydroxyl groups is 1. The molecule has 1 aliphatic rings. The van der Waals surface area contributed by atoms with Crippen molar-refractivity contribution in [3.63, 3.8) is 0 Å². The van der Waals surface area contributed by atoms with Crippen LogP contribution in [-0.4, -0.2) is 31.9 Å². The van der Waals surface area contributed by atoms with Crippen molar-refractivity contribution in [1.82, 2.24) is 0 Å². The maximum atomic E-state index is 9.87. The van der Waals surface area contributed by atoms with Crippen LogP contribution in [0.25, 0.3) is 0 Å². The number of rotatable bonds is 4. The Morgan fingerprint density at radius 3 is 2.47 bits per heavy atom. The van der Waals surface area contributed by atoms with Crippen molar-refractivity contribution < 1.29 is 9.84 Å². The van der Waals surface area contributed by atoms with Gasteiger partial charge >= 0.3 is 0 Å². The summed E-state index contributed by atoms with van der Waals surface area (Å²) in [4.78, 5) is 2.04. The average Bonchev–Trinajstić information content (AvgIpc) is 3.02. The highest BCUT2D eigenvalue weighted by molar-refractivity contribution is 5.46. The Kier molecular flexibility index (Phi) is 2.93. The molecule has 1 fully saturated rings. The first-order chi connectivity index (χ1) is 7.16. The van der Waals surface area contributed by atoms with Crippen LogP contribution in [0.1, 0.15) is 18.1 Å². The Labute approximate surface area is 90.3 Å². The molecule has 0 radical (unpaired) electrons. The van der Waals surface area contributed by atoms with Gasteiger partial charge in [-0.15, -0.1) is 0 Å². The second kappa shape index (κ2) is 4.21. The molecule has 0 bridgehead atoms. The molecule has 15 heavy (non-hydrogen) atoms. The summed E-state index contributed by atoms with van der Waals surface area (Å²) in [6, 6.07) is 7.99. The van der Waals surface area contributed by atoms with Gasteiger partial charge in [-0.3, -0.25) is 0 Å². The Hall–Kier alpha value is -1.06. The number of hydrogen-bond acceptors (Lipinski definition) is 3. The van der Waals surface area contributed by atoms with Crippen molar-refractivity contribution in [2.45, 2.75) is 18.6 Å². The lowest BCUT2D eigenvalue weighted by Gasteiger charge is -2.14. The van der Waals surface area contributed by atoms with Gasteiger partial charge in [0.15, 0.2) is 0 Å². The largest absolute Gasteiger partial charge is 0.388 e. The first-order valence-corrected chi connectivity index (χ1v) is 5.24. The molecule has 1 aromatic rings. The number of hydrogen-bond donors (Lipinski definition) is 1. The van der Waals surface area contributed by atoms with Crippen molar-refractivity contribution in [1.29, 1.82) is 0 Å². The van der Waals surface area contributed by atoms with Crippen LogP contribution in [0.4, 0.5) is 5.69 Å². The van der Waals surface area contributed by atoms with Crippen LogP contribution in [0.15, 0.2) is 24.3 Å². The molecule has 1 heterocycles. The molecular formula is C12H17NO2. The highest BCUT2D eigenvalue weighted by atomic mass is 16.6. The number of anilines is 1. The third-order valence-electron chi connectivity index (χ3n) is 2.68. The fourth-order valence-electron chi connectivity index (χ4n) is 1.58. The van der Waals surface area contributed by atoms with Gasteiger partial charge in [-0.1, -0.05) is 12.1 Å². The number of epoxide rings is 1. The average molecular weight is 207 g/mol. The Morgan fingerprint density at radius 1 is 1.40 bits per heavy atom. The Morgan fingerprint density at radius 2 is 2.00 bits per heavy atom. The zero-order chi connectivity index (χ0) is 10.8. The molecule has 82 valence electrons. The maximum absolute atomic E-state index is 9.87. The van der Waals surface area contributed by atoms with Gasteiger partial charge in [-0.25, -0.2) is 0 Å². The number of aliphatic hydroxyl groups excluding tert-OH is 1. The molecule has 2 rings (SSSR count). The molecule has 2 unspecified atom stereocenters. The van der Waals surface area contributed by atoms with Crippen molar-refractivity contribution in [2.75, 3.05) is 25.6 Å². The SMILES string of the molecule is CN(C)c1ccc(C(O)CC2CO2)cc1. The van der Waals surface area contributed by atoms with Crippen LogP contribution in [0.2, 0.25) is 0 Å². The smallest absolute Gasteiger partial charge is 0.0837 e. The summed E-state index contributed by atoms with van der Waals surface area (Å²) in [6.45, 7) is 0.798.